The molecule has 4 aliphatic heterocycles. The molecule has 6 amide bonds. The molecule has 0 spiro atoms. The normalized spacial score (nSPS) is 20.7. The number of aryl methyl sites for hydroxylation is 1. The maximum atomic E-state index is 13.8. The van der Waals surface area contributed by atoms with E-state index in [2.05, 4.69) is 16.7 Å². The Morgan fingerprint density at radius 3 is 2.36 bits per heavy atom. The quantitative estimate of drug-likeness (QED) is 0.494. The molecule has 2 aromatic rings. The van der Waals surface area contributed by atoms with E-state index in [9.17, 15) is 28.8 Å². The summed E-state index contributed by atoms with van der Waals surface area (Å²) >= 11 is 0. The Morgan fingerprint density at radius 1 is 0.933 bits per heavy atom. The van der Waals surface area contributed by atoms with Gasteiger partial charge >= 0.3 is 6.09 Å². The standard InChI is InChI=1S/C33H37N5O7/c1-33(2,3)45-32(44)37-14-12-18(13-15-37)21-16-19-8-11-27(40)36(4)25(19)17-23(21)34-22-7-5-6-20-28(22)31(43)38(30(20)42)24-9-10-26(39)35-29(24)41/h5-7,16-18,24,34H,8-15H2,1-4H3,(H,35,39,41). The first-order valence-electron chi connectivity index (χ1n) is 15.4. The summed E-state index contributed by atoms with van der Waals surface area (Å²) in [4.78, 5) is 81.1. The van der Waals surface area contributed by atoms with Crippen LogP contribution in [0.3, 0.4) is 0 Å². The Bertz CT molecular complexity index is 1640. The molecule has 0 bridgehead atoms. The third-order valence-electron chi connectivity index (χ3n) is 8.92. The van der Waals surface area contributed by atoms with Crippen LogP contribution in [0.4, 0.5) is 21.9 Å². The highest BCUT2D eigenvalue weighted by molar-refractivity contribution is 6.25. The number of piperidine rings is 2. The first kappa shape index (κ1) is 30.3. The molecule has 0 aromatic heterocycles. The average molecular weight is 616 g/mol. The number of imide groups is 2. The average Bonchev–Trinajstić information content (AvgIpc) is 3.24. The maximum Gasteiger partial charge on any atom is 0.410 e. The first-order valence-corrected chi connectivity index (χ1v) is 15.4. The molecule has 4 aliphatic rings. The number of carbonyl (C=O) groups is 6. The number of carbonyl (C=O) groups excluding carboxylic acids is 6. The van der Waals surface area contributed by atoms with Gasteiger partial charge in [0.2, 0.25) is 17.7 Å². The number of nitrogens with one attached hydrogen (secondary N) is 2. The number of nitrogens with zero attached hydrogens (tertiary/aromatic N) is 3. The van der Waals surface area contributed by atoms with Crippen molar-refractivity contribution in [1.29, 1.82) is 0 Å². The summed E-state index contributed by atoms with van der Waals surface area (Å²) in [6, 6.07) is 7.89. The zero-order valence-electron chi connectivity index (χ0n) is 25.9. The topological polar surface area (TPSA) is 145 Å². The number of anilines is 3. The number of benzene rings is 2. The second-order valence-electron chi connectivity index (χ2n) is 13.1. The summed E-state index contributed by atoms with van der Waals surface area (Å²) in [5.74, 6) is -2.21. The van der Waals surface area contributed by atoms with E-state index in [-0.39, 0.29) is 41.9 Å². The minimum absolute atomic E-state index is 0.00753. The van der Waals surface area contributed by atoms with Crippen molar-refractivity contribution < 1.29 is 33.5 Å². The van der Waals surface area contributed by atoms with Crippen LogP contribution in [-0.4, -0.2) is 77.2 Å². The zero-order valence-corrected chi connectivity index (χ0v) is 25.9. The Kier molecular flexibility index (Phi) is 7.62. The lowest BCUT2D eigenvalue weighted by atomic mass is 9.85. The van der Waals surface area contributed by atoms with E-state index in [1.54, 1.807) is 35.0 Å². The van der Waals surface area contributed by atoms with E-state index >= 15 is 0 Å². The van der Waals surface area contributed by atoms with E-state index in [1.807, 2.05) is 26.8 Å². The lowest BCUT2D eigenvalue weighted by molar-refractivity contribution is -0.136. The second-order valence-corrected chi connectivity index (χ2v) is 13.1. The zero-order chi connectivity index (χ0) is 32.2. The van der Waals surface area contributed by atoms with Gasteiger partial charge in [0.1, 0.15) is 11.6 Å². The van der Waals surface area contributed by atoms with Gasteiger partial charge in [0.15, 0.2) is 0 Å². The lowest BCUT2D eigenvalue weighted by Gasteiger charge is -2.35. The number of amides is 6. The van der Waals surface area contributed by atoms with Crippen LogP contribution in [0, 0.1) is 0 Å². The maximum absolute atomic E-state index is 13.8. The number of likely N-dealkylation sites (tertiary alicyclic amines) is 1. The van der Waals surface area contributed by atoms with E-state index in [4.69, 9.17) is 4.74 Å². The van der Waals surface area contributed by atoms with Crippen LogP contribution in [0.1, 0.15) is 90.6 Å². The number of fused-ring (bicyclic) bond motifs is 2. The third kappa shape index (κ3) is 5.65. The van der Waals surface area contributed by atoms with Crippen molar-refractivity contribution in [3.05, 3.63) is 52.6 Å². The van der Waals surface area contributed by atoms with E-state index in [0.29, 0.717) is 50.1 Å². The largest absolute Gasteiger partial charge is 0.444 e. The smallest absolute Gasteiger partial charge is 0.410 e. The molecule has 12 nitrogen and oxygen atoms in total. The molecule has 1 unspecified atom stereocenters. The van der Waals surface area contributed by atoms with Crippen molar-refractivity contribution in [3.8, 4) is 0 Å². The third-order valence-corrected chi connectivity index (χ3v) is 8.92. The van der Waals surface area contributed by atoms with Crippen molar-refractivity contribution >= 4 is 52.7 Å². The van der Waals surface area contributed by atoms with Crippen LogP contribution in [0.5, 0.6) is 0 Å². The van der Waals surface area contributed by atoms with Gasteiger partial charge in [0.25, 0.3) is 11.8 Å². The van der Waals surface area contributed by atoms with Crippen LogP contribution < -0.4 is 15.5 Å². The molecule has 0 saturated carbocycles. The van der Waals surface area contributed by atoms with E-state index < -0.39 is 35.3 Å². The van der Waals surface area contributed by atoms with Crippen molar-refractivity contribution in [2.75, 3.05) is 30.4 Å². The van der Waals surface area contributed by atoms with Gasteiger partial charge in [-0.2, -0.15) is 0 Å². The van der Waals surface area contributed by atoms with Gasteiger partial charge in [-0.05, 0) is 81.7 Å². The molecule has 236 valence electrons. The minimum Gasteiger partial charge on any atom is -0.444 e. The summed E-state index contributed by atoms with van der Waals surface area (Å²) in [5.41, 5.74) is 3.64. The molecule has 45 heavy (non-hydrogen) atoms. The minimum atomic E-state index is -1.07. The number of hydrogen-bond acceptors (Lipinski definition) is 8. The fraction of sp³-hybridized carbons (Fsp3) is 0.455. The van der Waals surface area contributed by atoms with E-state index in [0.717, 1.165) is 21.7 Å². The van der Waals surface area contributed by atoms with Gasteiger partial charge in [0.05, 0.1) is 16.8 Å². The Balaban J connectivity index is 1.32. The fourth-order valence-corrected chi connectivity index (χ4v) is 6.62. The van der Waals surface area contributed by atoms with Crippen LogP contribution >= 0.6 is 0 Å². The highest BCUT2D eigenvalue weighted by atomic mass is 16.6. The highest BCUT2D eigenvalue weighted by Crippen LogP contribution is 2.42. The molecule has 1 atom stereocenters. The molecule has 0 radical (unpaired) electrons. The number of ether oxygens (including phenoxy) is 1. The molecule has 2 aromatic carbocycles. The molecule has 0 aliphatic carbocycles. The Morgan fingerprint density at radius 2 is 1.67 bits per heavy atom. The van der Waals surface area contributed by atoms with Gasteiger partial charge < -0.3 is 19.9 Å². The van der Waals surface area contributed by atoms with Gasteiger partial charge in [-0.1, -0.05) is 12.1 Å². The Labute approximate surface area is 261 Å². The Hall–Kier alpha value is -4.74. The van der Waals surface area contributed by atoms with E-state index in [1.165, 1.54) is 0 Å². The van der Waals surface area contributed by atoms with Gasteiger partial charge in [-0.25, -0.2) is 4.79 Å². The summed E-state index contributed by atoms with van der Waals surface area (Å²) in [7, 11) is 1.74. The molecule has 4 heterocycles. The van der Waals surface area contributed by atoms with Gasteiger partial charge in [-0.15, -0.1) is 0 Å². The van der Waals surface area contributed by atoms with Crippen molar-refractivity contribution in [2.45, 2.75) is 76.9 Å². The summed E-state index contributed by atoms with van der Waals surface area (Å²) in [6.45, 7) is 6.56. The molecule has 2 N–H and O–H groups in total. The van der Waals surface area contributed by atoms with Gasteiger partial charge in [0, 0.05) is 44.4 Å². The molecular formula is C33H37N5O7. The summed E-state index contributed by atoms with van der Waals surface area (Å²) in [5, 5.41) is 5.64. The predicted molar refractivity (Wildman–Crippen MR) is 164 cm³/mol. The van der Waals surface area contributed by atoms with Crippen molar-refractivity contribution in [1.82, 2.24) is 15.1 Å². The van der Waals surface area contributed by atoms with Crippen molar-refractivity contribution in [2.24, 2.45) is 0 Å². The predicted octanol–water partition coefficient (Wildman–Crippen LogP) is 3.85. The highest BCUT2D eigenvalue weighted by Gasteiger charge is 2.45. The molecule has 2 fully saturated rings. The molecule has 6 rings (SSSR count). The van der Waals surface area contributed by atoms with Crippen LogP contribution in [0.25, 0.3) is 0 Å². The van der Waals surface area contributed by atoms with Gasteiger partial charge in [-0.3, -0.25) is 34.2 Å². The SMILES string of the molecule is CN1C(=O)CCc2cc(C3CCN(C(=O)OC(C)(C)C)CC3)c(Nc3cccc4c3C(=O)N(C3CCC(=O)NC3=O)C4=O)cc21. The fourth-order valence-electron chi connectivity index (χ4n) is 6.62. The van der Waals surface area contributed by atoms with Crippen LogP contribution in [0.2, 0.25) is 0 Å². The second kappa shape index (κ2) is 11.3. The number of hydrogen-bond donors (Lipinski definition) is 2. The summed E-state index contributed by atoms with van der Waals surface area (Å²) < 4.78 is 5.57. The number of rotatable bonds is 4. The van der Waals surface area contributed by atoms with Crippen molar-refractivity contribution in [3.63, 3.8) is 0 Å². The molecule has 12 heteroatoms. The molecule has 2 saturated heterocycles. The first-order chi connectivity index (χ1) is 21.3. The molecular weight excluding hydrogens is 578 g/mol. The summed E-state index contributed by atoms with van der Waals surface area (Å²) in [6.07, 6.45) is 2.16. The van der Waals surface area contributed by atoms with Crippen LogP contribution in [-0.2, 0) is 25.5 Å². The lowest BCUT2D eigenvalue weighted by Crippen LogP contribution is -2.54. The van der Waals surface area contributed by atoms with Crippen LogP contribution in [0.15, 0.2) is 30.3 Å². The monoisotopic (exact) mass is 615 g/mol.